The molecule has 3 rings (SSSR count). The zero-order chi connectivity index (χ0) is 16.0. The van der Waals surface area contributed by atoms with Crippen LogP contribution in [0.5, 0.6) is 0 Å². The van der Waals surface area contributed by atoms with Gasteiger partial charge in [0.25, 0.3) is 0 Å². The molecule has 3 heteroatoms. The molecule has 0 aromatic rings. The first-order valence-electron chi connectivity index (χ1n) is 9.04. The largest absolute Gasteiger partial charge is 0.389 e. The lowest BCUT2D eigenvalue weighted by Crippen LogP contribution is -2.49. The van der Waals surface area contributed by atoms with Gasteiger partial charge in [-0.2, -0.15) is 4.91 Å². The van der Waals surface area contributed by atoms with Gasteiger partial charge in [-0.25, -0.2) is 0 Å². The van der Waals surface area contributed by atoms with E-state index in [9.17, 15) is 10.0 Å². The molecule has 3 fully saturated rings. The molecule has 3 nitrogen and oxygen atoms in total. The van der Waals surface area contributed by atoms with Crippen LogP contribution in [0.2, 0.25) is 0 Å². The van der Waals surface area contributed by atoms with Crippen LogP contribution in [0.3, 0.4) is 0 Å². The van der Waals surface area contributed by atoms with E-state index in [2.05, 4.69) is 25.6 Å². The third-order valence-corrected chi connectivity index (χ3v) is 7.41. The Bertz CT molecular complexity index is 462. The molecule has 0 amide bonds. The molecule has 0 aromatic heterocycles. The second-order valence-corrected chi connectivity index (χ2v) is 8.83. The summed E-state index contributed by atoms with van der Waals surface area (Å²) < 4.78 is 0. The molecular formula is C19H31NO2. The number of nitroso groups, excluding NO2 is 1. The zero-order valence-electron chi connectivity index (χ0n) is 14.2. The highest BCUT2D eigenvalue weighted by Crippen LogP contribution is 2.61. The first kappa shape index (κ1) is 16.2. The van der Waals surface area contributed by atoms with E-state index in [-0.39, 0.29) is 11.5 Å². The maximum absolute atomic E-state index is 10.9. The third-order valence-electron chi connectivity index (χ3n) is 7.41. The van der Waals surface area contributed by atoms with Crippen LogP contribution in [0.15, 0.2) is 17.3 Å². The van der Waals surface area contributed by atoms with Crippen LogP contribution < -0.4 is 0 Å². The van der Waals surface area contributed by atoms with Crippen molar-refractivity contribution in [1.82, 2.24) is 0 Å². The molecule has 3 aliphatic carbocycles. The topological polar surface area (TPSA) is 49.7 Å². The average Bonchev–Trinajstić information content (AvgIpc) is 2.56. The second kappa shape index (κ2) is 5.74. The number of hydrogen-bond acceptors (Lipinski definition) is 3. The van der Waals surface area contributed by atoms with E-state index in [0.29, 0.717) is 29.7 Å². The summed E-state index contributed by atoms with van der Waals surface area (Å²) in [7, 11) is 0. The summed E-state index contributed by atoms with van der Waals surface area (Å²) in [5.74, 6) is 2.02. The molecule has 0 radical (unpaired) electrons. The minimum atomic E-state index is -0.313. The quantitative estimate of drug-likeness (QED) is 0.594. The number of hydrogen-bond donors (Lipinski definition) is 1. The zero-order valence-corrected chi connectivity index (χ0v) is 14.2. The Morgan fingerprint density at radius 3 is 2.68 bits per heavy atom. The minimum Gasteiger partial charge on any atom is -0.389 e. The first-order valence-corrected chi connectivity index (χ1v) is 9.04. The van der Waals surface area contributed by atoms with Gasteiger partial charge in [-0.3, -0.25) is 0 Å². The number of rotatable bonds is 2. The van der Waals surface area contributed by atoms with Gasteiger partial charge in [0.15, 0.2) is 0 Å². The lowest BCUT2D eigenvalue weighted by Gasteiger charge is -2.56. The molecule has 0 aliphatic heterocycles. The molecular weight excluding hydrogens is 274 g/mol. The van der Waals surface area contributed by atoms with Gasteiger partial charge >= 0.3 is 0 Å². The highest BCUT2D eigenvalue weighted by atomic mass is 16.3. The van der Waals surface area contributed by atoms with Gasteiger partial charge in [0.05, 0.1) is 12.6 Å². The Labute approximate surface area is 134 Å². The maximum atomic E-state index is 10.9. The molecule has 0 aromatic carbocycles. The molecule has 124 valence electrons. The Morgan fingerprint density at radius 1 is 1.18 bits per heavy atom. The van der Waals surface area contributed by atoms with E-state index >= 15 is 0 Å². The highest BCUT2D eigenvalue weighted by molar-refractivity contribution is 5.13. The molecule has 0 spiro atoms. The van der Waals surface area contributed by atoms with Gasteiger partial charge in [0.2, 0.25) is 0 Å². The van der Waals surface area contributed by atoms with Crippen LogP contribution in [-0.4, -0.2) is 17.8 Å². The summed E-state index contributed by atoms with van der Waals surface area (Å²) in [4.78, 5) is 10.9. The normalized spacial score (nSPS) is 49.0. The monoisotopic (exact) mass is 305 g/mol. The Kier molecular flexibility index (Phi) is 4.22. The van der Waals surface area contributed by atoms with Crippen molar-refractivity contribution >= 4 is 0 Å². The van der Waals surface area contributed by atoms with Crippen molar-refractivity contribution in [3.8, 4) is 0 Å². The van der Waals surface area contributed by atoms with E-state index < -0.39 is 0 Å². The van der Waals surface area contributed by atoms with Crippen molar-refractivity contribution in [2.45, 2.75) is 71.3 Å². The van der Waals surface area contributed by atoms with E-state index in [1.807, 2.05) is 0 Å². The summed E-state index contributed by atoms with van der Waals surface area (Å²) in [6, 6.07) is 0. The summed E-state index contributed by atoms with van der Waals surface area (Å²) in [6.07, 6.45) is 8.74. The molecule has 6 atom stereocenters. The van der Waals surface area contributed by atoms with Crippen LogP contribution in [-0.2, 0) is 0 Å². The fourth-order valence-corrected chi connectivity index (χ4v) is 6.18. The van der Waals surface area contributed by atoms with Crippen molar-refractivity contribution in [1.29, 1.82) is 0 Å². The third kappa shape index (κ3) is 2.55. The average molecular weight is 305 g/mol. The first-order chi connectivity index (χ1) is 10.4. The van der Waals surface area contributed by atoms with Crippen molar-refractivity contribution in [3.05, 3.63) is 17.1 Å². The van der Waals surface area contributed by atoms with Crippen molar-refractivity contribution in [2.24, 2.45) is 33.8 Å². The summed E-state index contributed by atoms with van der Waals surface area (Å²) in [6.45, 7) is 9.33. The molecule has 1 N–H and O–H groups in total. The smallest absolute Gasteiger partial charge is 0.0867 e. The van der Waals surface area contributed by atoms with Gasteiger partial charge in [0.1, 0.15) is 0 Å². The SMILES string of the molecule is C=C1C[C@@]2(C)CCC3C(CCC[C@@]3(C)CN=O)C2CCC1O. The van der Waals surface area contributed by atoms with Gasteiger partial charge in [-0.1, -0.05) is 32.0 Å². The molecule has 4 unspecified atom stereocenters. The molecule has 0 heterocycles. The van der Waals surface area contributed by atoms with Gasteiger partial charge in [0, 0.05) is 0 Å². The minimum absolute atomic E-state index is 0.105. The number of fused-ring (bicyclic) bond motifs is 3. The molecule has 3 saturated carbocycles. The fraction of sp³-hybridized carbons (Fsp3) is 0.895. The van der Waals surface area contributed by atoms with Crippen LogP contribution in [0, 0.1) is 33.5 Å². The summed E-state index contributed by atoms with van der Waals surface area (Å²) in [5.41, 5.74) is 1.44. The predicted molar refractivity (Wildman–Crippen MR) is 89.4 cm³/mol. The van der Waals surface area contributed by atoms with Crippen molar-refractivity contribution in [3.63, 3.8) is 0 Å². The second-order valence-electron chi connectivity index (χ2n) is 8.83. The highest BCUT2D eigenvalue weighted by Gasteiger charge is 2.53. The Morgan fingerprint density at radius 2 is 1.95 bits per heavy atom. The lowest BCUT2D eigenvalue weighted by molar-refractivity contribution is -0.0663. The number of nitrogens with zero attached hydrogens (tertiary/aromatic N) is 1. The van der Waals surface area contributed by atoms with Gasteiger partial charge in [-0.15, -0.1) is 0 Å². The lowest BCUT2D eigenvalue weighted by atomic mass is 9.48. The predicted octanol–water partition coefficient (Wildman–Crippen LogP) is 4.69. The Balaban J connectivity index is 1.88. The van der Waals surface area contributed by atoms with E-state index in [1.165, 1.54) is 25.7 Å². The van der Waals surface area contributed by atoms with Gasteiger partial charge < -0.3 is 5.11 Å². The standard InChI is InChI=1S/C19H31NO2/c1-13-11-18(2)10-8-16-14(15(18)6-7-17(13)21)5-4-9-19(16,3)12-20-22/h14-17,21H,1,4-12H2,2-3H3/t14?,15?,16?,17?,18-,19+/m1/s1. The molecule has 0 saturated heterocycles. The van der Waals surface area contributed by atoms with Crippen molar-refractivity contribution in [2.75, 3.05) is 6.54 Å². The maximum Gasteiger partial charge on any atom is 0.0867 e. The van der Waals surface area contributed by atoms with E-state index in [1.54, 1.807) is 0 Å². The Hall–Kier alpha value is -0.700. The van der Waals surface area contributed by atoms with Crippen LogP contribution in [0.25, 0.3) is 0 Å². The molecule has 0 bridgehead atoms. The van der Waals surface area contributed by atoms with Crippen LogP contribution in [0.4, 0.5) is 0 Å². The van der Waals surface area contributed by atoms with Crippen LogP contribution in [0.1, 0.15) is 65.2 Å². The summed E-state index contributed by atoms with van der Waals surface area (Å²) in [5, 5.41) is 13.5. The molecule has 22 heavy (non-hydrogen) atoms. The van der Waals surface area contributed by atoms with E-state index in [4.69, 9.17) is 0 Å². The summed E-state index contributed by atoms with van der Waals surface area (Å²) >= 11 is 0. The molecule has 3 aliphatic rings. The van der Waals surface area contributed by atoms with E-state index in [0.717, 1.165) is 31.3 Å². The van der Waals surface area contributed by atoms with Gasteiger partial charge in [-0.05, 0) is 79.1 Å². The number of aliphatic hydroxyl groups excluding tert-OH is 1. The fourth-order valence-electron chi connectivity index (χ4n) is 6.18. The van der Waals surface area contributed by atoms with Crippen LogP contribution >= 0.6 is 0 Å². The number of aliphatic hydroxyl groups is 1. The van der Waals surface area contributed by atoms with Crippen molar-refractivity contribution < 1.29 is 5.11 Å².